The van der Waals surface area contributed by atoms with Crippen LogP contribution in [0.15, 0.2) is 35.1 Å². The predicted octanol–water partition coefficient (Wildman–Crippen LogP) is 3.14. The van der Waals surface area contributed by atoms with E-state index < -0.39 is 0 Å². The number of nitrogens with zero attached hydrogens (tertiary/aromatic N) is 5. The molecule has 4 aromatic rings. The van der Waals surface area contributed by atoms with Crippen molar-refractivity contribution in [3.63, 3.8) is 0 Å². The molecule has 1 fully saturated rings. The van der Waals surface area contributed by atoms with E-state index in [1.807, 2.05) is 42.2 Å². The number of hydrogen-bond acceptors (Lipinski definition) is 6. The maximum Gasteiger partial charge on any atom is 0.261 e. The van der Waals surface area contributed by atoms with Crippen LogP contribution in [0.2, 0.25) is 0 Å². The summed E-state index contributed by atoms with van der Waals surface area (Å²) in [7, 11) is 0. The van der Waals surface area contributed by atoms with Crippen molar-refractivity contribution in [2.24, 2.45) is 0 Å². The third-order valence-electron chi connectivity index (χ3n) is 4.77. The summed E-state index contributed by atoms with van der Waals surface area (Å²) in [6.45, 7) is 3.51. The van der Waals surface area contributed by atoms with Crippen LogP contribution in [0, 0.1) is 6.92 Å². The van der Waals surface area contributed by atoms with Crippen LogP contribution in [-0.2, 0) is 4.74 Å². The average molecular weight is 350 g/mol. The molecule has 132 valence electrons. The van der Waals surface area contributed by atoms with Crippen molar-refractivity contribution in [1.29, 1.82) is 0 Å². The number of aromatic nitrogens is 6. The zero-order valence-corrected chi connectivity index (χ0v) is 14.3. The summed E-state index contributed by atoms with van der Waals surface area (Å²) in [4.78, 5) is 12.2. The molecule has 0 saturated carbocycles. The number of hydrogen-bond donors (Lipinski definition) is 1. The van der Waals surface area contributed by atoms with Gasteiger partial charge in [0.15, 0.2) is 0 Å². The van der Waals surface area contributed by atoms with Crippen molar-refractivity contribution in [2.45, 2.75) is 25.8 Å². The monoisotopic (exact) mass is 350 g/mol. The number of ether oxygens (including phenoxy) is 1. The molecule has 0 unspecified atom stereocenters. The first-order valence-corrected chi connectivity index (χ1v) is 8.70. The van der Waals surface area contributed by atoms with E-state index in [1.54, 1.807) is 0 Å². The number of H-pyrrole nitrogens is 1. The second-order valence-electron chi connectivity index (χ2n) is 6.48. The topological polar surface area (TPSA) is 94.7 Å². The van der Waals surface area contributed by atoms with Crippen molar-refractivity contribution in [3.05, 3.63) is 36.3 Å². The number of nitrogens with one attached hydrogen (secondary N) is 1. The normalized spacial score (nSPS) is 15.7. The van der Waals surface area contributed by atoms with Crippen LogP contribution in [-0.4, -0.2) is 43.1 Å². The van der Waals surface area contributed by atoms with Crippen LogP contribution in [0.5, 0.6) is 0 Å². The highest BCUT2D eigenvalue weighted by Crippen LogP contribution is 2.28. The molecule has 0 aromatic carbocycles. The van der Waals surface area contributed by atoms with Gasteiger partial charge in [0.25, 0.3) is 5.89 Å². The minimum atomic E-state index is 0.358. The van der Waals surface area contributed by atoms with Crippen LogP contribution in [0.1, 0.15) is 24.6 Å². The third-order valence-corrected chi connectivity index (χ3v) is 4.77. The van der Waals surface area contributed by atoms with Crippen molar-refractivity contribution in [2.75, 3.05) is 13.2 Å². The average Bonchev–Trinajstić information content (AvgIpc) is 3.40. The number of aryl methyl sites for hydroxylation is 1. The van der Waals surface area contributed by atoms with Crippen LogP contribution >= 0.6 is 0 Å². The number of fused-ring (bicyclic) bond motifs is 1. The Hall–Kier alpha value is -3.00. The van der Waals surface area contributed by atoms with Crippen molar-refractivity contribution < 1.29 is 9.26 Å². The molecule has 5 heterocycles. The molecule has 1 aliphatic rings. The Morgan fingerprint density at radius 3 is 2.92 bits per heavy atom. The first-order chi connectivity index (χ1) is 12.8. The van der Waals surface area contributed by atoms with E-state index in [1.165, 1.54) is 0 Å². The van der Waals surface area contributed by atoms with Crippen LogP contribution in [0.3, 0.4) is 0 Å². The fourth-order valence-corrected chi connectivity index (χ4v) is 3.32. The lowest BCUT2D eigenvalue weighted by atomic mass is 10.1. The van der Waals surface area contributed by atoms with E-state index in [-0.39, 0.29) is 0 Å². The molecule has 8 heteroatoms. The van der Waals surface area contributed by atoms with Gasteiger partial charge >= 0.3 is 0 Å². The Morgan fingerprint density at radius 1 is 1.15 bits per heavy atom. The van der Waals surface area contributed by atoms with E-state index in [2.05, 4.69) is 25.2 Å². The predicted molar refractivity (Wildman–Crippen MR) is 94.4 cm³/mol. The highest BCUT2D eigenvalue weighted by Gasteiger charge is 2.21. The maximum absolute atomic E-state index is 5.49. The highest BCUT2D eigenvalue weighted by molar-refractivity contribution is 5.77. The minimum absolute atomic E-state index is 0.358. The molecule has 0 radical (unpaired) electrons. The largest absolute Gasteiger partial charge is 0.381 e. The zero-order valence-electron chi connectivity index (χ0n) is 14.3. The molecule has 5 rings (SSSR count). The molecule has 0 atom stereocenters. The minimum Gasteiger partial charge on any atom is -0.381 e. The van der Waals surface area contributed by atoms with Gasteiger partial charge in [-0.3, -0.25) is 4.68 Å². The van der Waals surface area contributed by atoms with Crippen molar-refractivity contribution >= 4 is 11.0 Å². The highest BCUT2D eigenvalue weighted by atomic mass is 16.5. The molecule has 0 aliphatic carbocycles. The summed E-state index contributed by atoms with van der Waals surface area (Å²) < 4.78 is 12.9. The van der Waals surface area contributed by atoms with Crippen LogP contribution < -0.4 is 0 Å². The van der Waals surface area contributed by atoms with Gasteiger partial charge in [-0.1, -0.05) is 5.16 Å². The molecule has 1 aliphatic heterocycles. The second kappa shape index (κ2) is 6.06. The zero-order chi connectivity index (χ0) is 17.5. The smallest absolute Gasteiger partial charge is 0.261 e. The molecule has 0 bridgehead atoms. The molecule has 4 aromatic heterocycles. The Kier molecular flexibility index (Phi) is 3.56. The number of aromatic amines is 1. The lowest BCUT2D eigenvalue weighted by Gasteiger charge is -2.22. The molecule has 1 N–H and O–H groups in total. The van der Waals surface area contributed by atoms with Gasteiger partial charge in [-0.25, -0.2) is 4.98 Å². The fraction of sp³-hybridized carbons (Fsp3) is 0.333. The van der Waals surface area contributed by atoms with Gasteiger partial charge in [0.1, 0.15) is 5.69 Å². The van der Waals surface area contributed by atoms with E-state index in [4.69, 9.17) is 9.26 Å². The van der Waals surface area contributed by atoms with Crippen LogP contribution in [0.25, 0.3) is 34.0 Å². The van der Waals surface area contributed by atoms with Gasteiger partial charge < -0.3 is 14.2 Å². The molecule has 26 heavy (non-hydrogen) atoms. The lowest BCUT2D eigenvalue weighted by molar-refractivity contribution is 0.0662. The van der Waals surface area contributed by atoms with E-state index in [9.17, 15) is 0 Å². The number of rotatable bonds is 3. The Morgan fingerprint density at radius 2 is 2.04 bits per heavy atom. The lowest BCUT2D eigenvalue weighted by Crippen LogP contribution is -2.19. The first-order valence-electron chi connectivity index (χ1n) is 8.70. The summed E-state index contributed by atoms with van der Waals surface area (Å²) in [5.74, 6) is 0.938. The van der Waals surface area contributed by atoms with Crippen molar-refractivity contribution in [3.8, 4) is 23.0 Å². The summed E-state index contributed by atoms with van der Waals surface area (Å²) >= 11 is 0. The summed E-state index contributed by atoms with van der Waals surface area (Å²) in [5.41, 5.74) is 4.27. The van der Waals surface area contributed by atoms with E-state index >= 15 is 0 Å². The SMILES string of the molecule is Cc1nn(C2CCOCC2)cc1-c1nc(-c2ccc3[nH]ccc3n2)no1. The third kappa shape index (κ3) is 2.59. The Labute approximate surface area is 149 Å². The molecule has 0 amide bonds. The summed E-state index contributed by atoms with van der Waals surface area (Å²) in [6.07, 6.45) is 5.79. The second-order valence-corrected chi connectivity index (χ2v) is 6.48. The summed E-state index contributed by atoms with van der Waals surface area (Å²) in [6, 6.07) is 6.12. The molecule has 8 nitrogen and oxygen atoms in total. The van der Waals surface area contributed by atoms with Gasteiger partial charge in [0.2, 0.25) is 5.82 Å². The van der Waals surface area contributed by atoms with Gasteiger partial charge in [-0.15, -0.1) is 0 Å². The Bertz CT molecular complexity index is 1060. The quantitative estimate of drug-likeness (QED) is 0.610. The van der Waals surface area contributed by atoms with Gasteiger partial charge in [-0.2, -0.15) is 10.1 Å². The van der Waals surface area contributed by atoms with Crippen LogP contribution in [0.4, 0.5) is 0 Å². The standard InChI is InChI=1S/C18H18N6O2/c1-11-13(10-24(22-11)12-5-8-25-9-6-12)18-21-17(23-26-18)16-3-2-14-15(20-16)4-7-19-14/h2-4,7,10,12,19H,5-6,8-9H2,1H3. The molecular weight excluding hydrogens is 332 g/mol. The van der Waals surface area contributed by atoms with Gasteiger partial charge in [0.05, 0.1) is 28.3 Å². The fourth-order valence-electron chi connectivity index (χ4n) is 3.32. The molecule has 1 saturated heterocycles. The molecule has 0 spiro atoms. The van der Waals surface area contributed by atoms with E-state index in [0.29, 0.717) is 23.5 Å². The Balaban J connectivity index is 1.47. The summed E-state index contributed by atoms with van der Waals surface area (Å²) in [5, 5.41) is 8.74. The van der Waals surface area contributed by atoms with Crippen molar-refractivity contribution in [1.82, 2.24) is 29.9 Å². The first kappa shape index (κ1) is 15.3. The van der Waals surface area contributed by atoms with Gasteiger partial charge in [0, 0.05) is 25.6 Å². The maximum atomic E-state index is 5.49. The van der Waals surface area contributed by atoms with Gasteiger partial charge in [-0.05, 0) is 38.0 Å². The van der Waals surface area contributed by atoms with E-state index in [0.717, 1.165) is 48.3 Å². The molecular formula is C18H18N6O2. The number of pyridine rings is 1.